The summed E-state index contributed by atoms with van der Waals surface area (Å²) in [4.78, 5) is 2.43. The van der Waals surface area contributed by atoms with Crippen LogP contribution >= 0.6 is 0 Å². The number of benzene rings is 12. The van der Waals surface area contributed by atoms with Gasteiger partial charge in [-0.1, -0.05) is 224 Å². The van der Waals surface area contributed by atoms with E-state index in [4.69, 9.17) is 0 Å². The molecule has 0 radical (unpaired) electrons. The predicted molar refractivity (Wildman–Crippen MR) is 314 cm³/mol. The number of hydrogen-bond donors (Lipinski definition) is 0. The maximum absolute atomic E-state index is 2.48. The van der Waals surface area contributed by atoms with Crippen LogP contribution in [0.15, 0.2) is 291 Å². The van der Waals surface area contributed by atoms with Crippen LogP contribution in [0.2, 0.25) is 0 Å². The van der Waals surface area contributed by atoms with Gasteiger partial charge in [0.15, 0.2) is 0 Å². The molecule has 0 saturated heterocycles. The molecule has 15 rings (SSSR count). The van der Waals surface area contributed by atoms with Gasteiger partial charge in [0, 0.05) is 33.5 Å². The molecule has 0 saturated carbocycles. The van der Waals surface area contributed by atoms with Gasteiger partial charge in [0.25, 0.3) is 0 Å². The van der Waals surface area contributed by atoms with E-state index in [2.05, 4.69) is 301 Å². The first kappa shape index (κ1) is 42.9. The van der Waals surface area contributed by atoms with Crippen molar-refractivity contribution in [3.05, 3.63) is 313 Å². The van der Waals surface area contributed by atoms with Crippen molar-refractivity contribution in [1.82, 2.24) is 4.57 Å². The Morgan fingerprint density at radius 1 is 0.240 bits per heavy atom. The fraction of sp³-hybridized carbons (Fsp3) is 0.0137. The summed E-state index contributed by atoms with van der Waals surface area (Å²) in [5.41, 5.74) is 26.6. The average molecular weight is 953 g/mol. The first-order chi connectivity index (χ1) is 37.2. The Hall–Kier alpha value is -9.76. The molecule has 2 aliphatic carbocycles. The third kappa shape index (κ3) is 6.73. The molecule has 13 aromatic rings. The molecule has 0 aliphatic heterocycles. The van der Waals surface area contributed by atoms with Gasteiger partial charge < -0.3 is 9.47 Å². The number of anilines is 3. The maximum Gasteiger partial charge on any atom is 0.0726 e. The lowest BCUT2D eigenvalue weighted by Crippen LogP contribution is -2.26. The Morgan fingerprint density at radius 2 is 0.613 bits per heavy atom. The van der Waals surface area contributed by atoms with Gasteiger partial charge in [0.1, 0.15) is 0 Å². The van der Waals surface area contributed by atoms with E-state index in [9.17, 15) is 0 Å². The molecule has 0 unspecified atom stereocenters. The molecule has 12 aromatic carbocycles. The number of fused-ring (bicyclic) bond motifs is 13. The van der Waals surface area contributed by atoms with Crippen LogP contribution in [0, 0.1) is 0 Å². The van der Waals surface area contributed by atoms with E-state index in [0.717, 1.165) is 22.7 Å². The zero-order chi connectivity index (χ0) is 49.5. The first-order valence-corrected chi connectivity index (χ1v) is 26.0. The Bertz CT molecular complexity index is 4240. The highest BCUT2D eigenvalue weighted by Crippen LogP contribution is 2.63. The van der Waals surface area contributed by atoms with Crippen molar-refractivity contribution in [3.63, 3.8) is 0 Å². The SMILES string of the molecule is c1ccc(-c2ccc(N(c3ccc(-c4ccc(-c5ccc6c(c5)c5ccccc5n6-c5ccc(-c6ccccc6)cc5)cc4)cc3)c3ccc4c(c3)C3(c5ccccc5-c5ccccc53)c3ccccc3-4)cc2)cc1. The van der Waals surface area contributed by atoms with Crippen LogP contribution in [0.3, 0.4) is 0 Å². The molecule has 2 heteroatoms. The molecule has 1 aromatic heterocycles. The highest BCUT2D eigenvalue weighted by atomic mass is 15.1. The van der Waals surface area contributed by atoms with Crippen molar-refractivity contribution in [2.24, 2.45) is 0 Å². The van der Waals surface area contributed by atoms with E-state index in [-0.39, 0.29) is 0 Å². The van der Waals surface area contributed by atoms with E-state index in [1.165, 1.54) is 111 Å². The lowest BCUT2D eigenvalue weighted by atomic mass is 9.70. The van der Waals surface area contributed by atoms with E-state index in [1.54, 1.807) is 0 Å². The van der Waals surface area contributed by atoms with Crippen LogP contribution in [0.5, 0.6) is 0 Å². The standard InChI is InChI=1S/C73H48N2/c1-3-15-49(16-4-1)52-31-38-57(39-32-52)74(60-44-45-64-63-21-9-13-25-69(63)73(70(64)48-60)67-23-11-7-19-61(67)62-20-8-12-24-68(62)73)58-40-33-54(34-41-58)51-27-29-55(30-28-51)56-37-46-72-66(47-56)65-22-10-14-26-71(65)75(72)59-42-35-53(36-43-59)50-17-5-2-6-18-50/h1-48H. The lowest BCUT2D eigenvalue weighted by Gasteiger charge is -2.32. The van der Waals surface area contributed by atoms with Crippen molar-refractivity contribution in [3.8, 4) is 72.4 Å². The van der Waals surface area contributed by atoms with Crippen molar-refractivity contribution in [2.75, 3.05) is 4.90 Å². The highest BCUT2D eigenvalue weighted by Gasteiger charge is 2.51. The summed E-state index contributed by atoms with van der Waals surface area (Å²) in [5, 5.41) is 2.49. The normalized spacial score (nSPS) is 12.6. The molecule has 0 atom stereocenters. The van der Waals surface area contributed by atoms with E-state index in [0.29, 0.717) is 0 Å². The molecule has 0 amide bonds. The third-order valence-corrected chi connectivity index (χ3v) is 16.1. The molecule has 350 valence electrons. The van der Waals surface area contributed by atoms with Gasteiger partial charge in [-0.3, -0.25) is 0 Å². The van der Waals surface area contributed by atoms with E-state index >= 15 is 0 Å². The van der Waals surface area contributed by atoms with Crippen LogP contribution in [-0.2, 0) is 5.41 Å². The Labute approximate surface area is 437 Å². The highest BCUT2D eigenvalue weighted by molar-refractivity contribution is 6.10. The Balaban J connectivity index is 0.789. The van der Waals surface area contributed by atoms with Crippen LogP contribution in [-0.4, -0.2) is 4.57 Å². The minimum absolute atomic E-state index is 0.436. The van der Waals surface area contributed by atoms with Gasteiger partial charge in [0.05, 0.1) is 16.4 Å². The smallest absolute Gasteiger partial charge is 0.0726 e. The van der Waals surface area contributed by atoms with Crippen LogP contribution < -0.4 is 4.90 Å². The van der Waals surface area contributed by atoms with Crippen molar-refractivity contribution >= 4 is 38.9 Å². The number of aromatic nitrogens is 1. The van der Waals surface area contributed by atoms with Crippen LogP contribution in [0.4, 0.5) is 17.1 Å². The lowest BCUT2D eigenvalue weighted by molar-refractivity contribution is 0.793. The van der Waals surface area contributed by atoms with Gasteiger partial charge in [0.2, 0.25) is 0 Å². The summed E-state index contributed by atoms with van der Waals surface area (Å²) in [6.07, 6.45) is 0. The molecule has 1 heterocycles. The Kier molecular flexibility index (Phi) is 9.83. The quantitative estimate of drug-likeness (QED) is 0.147. The zero-order valence-corrected chi connectivity index (χ0v) is 41.1. The summed E-state index contributed by atoms with van der Waals surface area (Å²) < 4.78 is 2.39. The molecule has 0 bridgehead atoms. The van der Waals surface area contributed by atoms with Gasteiger partial charge in [-0.2, -0.15) is 0 Å². The second-order valence-electron chi connectivity index (χ2n) is 20.0. The van der Waals surface area contributed by atoms with E-state index < -0.39 is 5.41 Å². The average Bonchev–Trinajstić information content (AvgIpc) is 4.31. The van der Waals surface area contributed by atoms with Gasteiger partial charge >= 0.3 is 0 Å². The second kappa shape index (κ2) is 17.2. The van der Waals surface area contributed by atoms with Crippen molar-refractivity contribution in [2.45, 2.75) is 5.41 Å². The molecule has 0 N–H and O–H groups in total. The summed E-state index contributed by atoms with van der Waals surface area (Å²) in [7, 11) is 0. The topological polar surface area (TPSA) is 8.17 Å². The molecule has 0 fully saturated rings. The van der Waals surface area contributed by atoms with Gasteiger partial charge in [-0.25, -0.2) is 0 Å². The number of nitrogens with zero attached hydrogens (tertiary/aromatic N) is 2. The van der Waals surface area contributed by atoms with E-state index in [1.807, 2.05) is 0 Å². The van der Waals surface area contributed by atoms with Gasteiger partial charge in [-0.15, -0.1) is 0 Å². The molecule has 2 nitrogen and oxygen atoms in total. The monoisotopic (exact) mass is 952 g/mol. The minimum Gasteiger partial charge on any atom is -0.310 e. The molecule has 75 heavy (non-hydrogen) atoms. The van der Waals surface area contributed by atoms with Gasteiger partial charge in [-0.05, 0) is 156 Å². The summed E-state index contributed by atoms with van der Waals surface area (Å²) in [5.74, 6) is 0. The van der Waals surface area contributed by atoms with Crippen LogP contribution in [0.25, 0.3) is 94.3 Å². The second-order valence-corrected chi connectivity index (χ2v) is 20.0. The molecular formula is C73H48N2. The summed E-state index contributed by atoms with van der Waals surface area (Å²) in [6, 6.07) is 107. The van der Waals surface area contributed by atoms with Crippen LogP contribution in [0.1, 0.15) is 22.3 Å². The Morgan fingerprint density at radius 3 is 1.15 bits per heavy atom. The molecular weight excluding hydrogens is 905 g/mol. The molecule has 1 spiro atoms. The van der Waals surface area contributed by atoms with Crippen molar-refractivity contribution in [1.29, 1.82) is 0 Å². The number of rotatable bonds is 8. The number of hydrogen-bond acceptors (Lipinski definition) is 1. The first-order valence-electron chi connectivity index (χ1n) is 26.0. The van der Waals surface area contributed by atoms with Crippen molar-refractivity contribution < 1.29 is 0 Å². The molecule has 2 aliphatic rings. The maximum atomic E-state index is 2.48. The zero-order valence-electron chi connectivity index (χ0n) is 41.1. The largest absolute Gasteiger partial charge is 0.310 e. The fourth-order valence-electron chi connectivity index (χ4n) is 12.6. The predicted octanol–water partition coefficient (Wildman–Crippen LogP) is 19.3. The summed E-state index contributed by atoms with van der Waals surface area (Å²) >= 11 is 0. The number of para-hydroxylation sites is 1. The summed E-state index contributed by atoms with van der Waals surface area (Å²) in [6.45, 7) is 0. The fourth-order valence-corrected chi connectivity index (χ4v) is 12.6. The minimum atomic E-state index is -0.436. The third-order valence-electron chi connectivity index (χ3n) is 16.1.